The largest absolute Gasteiger partial charge is 2.00 e. The van der Waals surface area contributed by atoms with Crippen LogP contribution in [-0.4, -0.2) is 11.4 Å². The Hall–Kier alpha value is -5.23. The fraction of sp³-hybridized carbons (Fsp3) is 0.321. The molecule has 0 amide bonds. The Morgan fingerprint density at radius 1 is 0.475 bits per heavy atom. The third kappa shape index (κ3) is 8.92. The standard InChI is InChI=1S/2C28H31N2.Co/c2*1-8-21-18(3)25(29-19(21)4)16-26-23-11-9-10-12-24(23)27(30-26)22-14-13-20(15-17(22)2)28(5,6)7;/h2*9-16H,8H2,1-7H3;/q2*-1;+2/b2*26-16-;. The molecule has 315 valence electrons. The second-order valence-electron chi connectivity index (χ2n) is 18.7. The van der Waals surface area contributed by atoms with Gasteiger partial charge in [-0.15, -0.1) is 11.4 Å². The van der Waals surface area contributed by atoms with Crippen LogP contribution in [0.5, 0.6) is 0 Å². The first kappa shape index (κ1) is 45.3. The van der Waals surface area contributed by atoms with Crippen LogP contribution in [0.1, 0.15) is 156 Å². The molecule has 2 aromatic heterocycles. The molecule has 0 bridgehead atoms. The number of nitrogens with zero attached hydrogens (tertiary/aromatic N) is 4. The Morgan fingerprint density at radius 3 is 1.11 bits per heavy atom. The van der Waals surface area contributed by atoms with E-state index >= 15 is 0 Å². The number of hydrogen-bond donors (Lipinski definition) is 0. The molecule has 8 rings (SSSR count). The first-order valence-corrected chi connectivity index (χ1v) is 21.7. The van der Waals surface area contributed by atoms with E-state index in [0.717, 1.165) is 58.4 Å². The van der Waals surface area contributed by atoms with E-state index in [9.17, 15) is 0 Å². The van der Waals surface area contributed by atoms with Crippen LogP contribution >= 0.6 is 0 Å². The first-order chi connectivity index (χ1) is 28.4. The summed E-state index contributed by atoms with van der Waals surface area (Å²) in [4.78, 5) is 19.9. The van der Waals surface area contributed by atoms with E-state index in [2.05, 4.69) is 194 Å². The molecular weight excluding hydrogens is 788 g/mol. The minimum Gasteiger partial charge on any atom is -0.661 e. The van der Waals surface area contributed by atoms with Crippen molar-refractivity contribution in [3.05, 3.63) is 186 Å². The van der Waals surface area contributed by atoms with Crippen molar-refractivity contribution >= 4 is 35.0 Å². The van der Waals surface area contributed by atoms with Crippen LogP contribution in [0.15, 0.2) is 94.9 Å². The minimum absolute atomic E-state index is 0. The van der Waals surface area contributed by atoms with E-state index in [4.69, 9.17) is 20.0 Å². The van der Waals surface area contributed by atoms with Crippen LogP contribution in [0.4, 0.5) is 0 Å². The van der Waals surface area contributed by atoms with Crippen molar-refractivity contribution in [3.8, 4) is 0 Å². The van der Waals surface area contributed by atoms with Gasteiger partial charge in [0.15, 0.2) is 0 Å². The van der Waals surface area contributed by atoms with Gasteiger partial charge in [-0.3, -0.25) is 0 Å². The number of aliphatic imine (C=N–C) groups is 2. The Morgan fingerprint density at radius 2 is 0.820 bits per heavy atom. The smallest absolute Gasteiger partial charge is 0.661 e. The van der Waals surface area contributed by atoms with Crippen LogP contribution < -0.4 is 9.97 Å². The van der Waals surface area contributed by atoms with Crippen LogP contribution in [0.2, 0.25) is 0 Å². The molecule has 5 heteroatoms. The molecule has 0 aliphatic carbocycles. The molecule has 61 heavy (non-hydrogen) atoms. The molecule has 6 aromatic rings. The van der Waals surface area contributed by atoms with Crippen molar-refractivity contribution in [2.45, 2.75) is 121 Å². The van der Waals surface area contributed by atoms with Gasteiger partial charge >= 0.3 is 16.8 Å². The maximum Gasteiger partial charge on any atom is 2.00 e. The molecule has 4 nitrogen and oxygen atoms in total. The summed E-state index contributed by atoms with van der Waals surface area (Å²) in [5, 5.41) is 0. The summed E-state index contributed by atoms with van der Waals surface area (Å²) in [6.45, 7) is 30.9. The molecule has 2 aliphatic heterocycles. The molecule has 0 spiro atoms. The Balaban J connectivity index is 0.000000201. The van der Waals surface area contributed by atoms with Gasteiger partial charge in [0.2, 0.25) is 0 Å². The molecular formula is C56H62CoN4. The first-order valence-electron chi connectivity index (χ1n) is 21.7. The topological polar surface area (TPSA) is 52.9 Å². The quantitative estimate of drug-likeness (QED) is 0.168. The Kier molecular flexibility index (Phi) is 13.1. The normalized spacial score (nSPS) is 14.7. The van der Waals surface area contributed by atoms with Gasteiger partial charge in [-0.25, -0.2) is 9.98 Å². The minimum atomic E-state index is 0. The molecule has 0 atom stereocenters. The van der Waals surface area contributed by atoms with E-state index < -0.39 is 0 Å². The van der Waals surface area contributed by atoms with Crippen molar-refractivity contribution in [3.63, 3.8) is 0 Å². The van der Waals surface area contributed by atoms with Crippen molar-refractivity contribution in [2.24, 2.45) is 9.98 Å². The predicted octanol–water partition coefficient (Wildman–Crippen LogP) is 13.6. The average molecular weight is 850 g/mol. The summed E-state index contributed by atoms with van der Waals surface area (Å²) in [7, 11) is 0. The number of aromatic nitrogens is 2. The van der Waals surface area contributed by atoms with Gasteiger partial charge in [0.05, 0.1) is 22.8 Å². The monoisotopic (exact) mass is 849 g/mol. The van der Waals surface area contributed by atoms with Gasteiger partial charge < -0.3 is 9.97 Å². The van der Waals surface area contributed by atoms with Crippen molar-refractivity contribution < 1.29 is 16.8 Å². The third-order valence-corrected chi connectivity index (χ3v) is 12.5. The van der Waals surface area contributed by atoms with Gasteiger partial charge in [0.25, 0.3) is 0 Å². The van der Waals surface area contributed by atoms with Gasteiger partial charge in [-0.05, 0) is 73.6 Å². The second-order valence-corrected chi connectivity index (χ2v) is 18.7. The number of rotatable bonds is 6. The summed E-state index contributed by atoms with van der Waals surface area (Å²) in [5.74, 6) is 0. The van der Waals surface area contributed by atoms with Gasteiger partial charge in [-0.2, -0.15) is 11.4 Å². The van der Waals surface area contributed by atoms with E-state index in [1.54, 1.807) is 0 Å². The Bertz CT molecular complexity index is 2560. The number of hydrogen-bond acceptors (Lipinski definition) is 2. The zero-order chi connectivity index (χ0) is 43.3. The van der Waals surface area contributed by atoms with Crippen molar-refractivity contribution in [2.75, 3.05) is 0 Å². The molecule has 0 fully saturated rings. The predicted molar refractivity (Wildman–Crippen MR) is 257 cm³/mol. The molecule has 0 unspecified atom stereocenters. The van der Waals surface area contributed by atoms with E-state index in [1.807, 2.05) is 0 Å². The Labute approximate surface area is 376 Å². The van der Waals surface area contributed by atoms with Crippen LogP contribution in [0.25, 0.3) is 23.5 Å². The third-order valence-electron chi connectivity index (χ3n) is 12.5. The molecule has 0 saturated carbocycles. The van der Waals surface area contributed by atoms with Crippen molar-refractivity contribution in [1.82, 2.24) is 9.97 Å². The fourth-order valence-electron chi connectivity index (χ4n) is 8.83. The maximum atomic E-state index is 5.12. The summed E-state index contributed by atoms with van der Waals surface area (Å²) < 4.78 is 0. The van der Waals surface area contributed by atoms with Crippen LogP contribution in [0.3, 0.4) is 0 Å². The second kappa shape index (κ2) is 17.6. The van der Waals surface area contributed by atoms with E-state index in [0.29, 0.717) is 0 Å². The van der Waals surface area contributed by atoms with E-state index in [1.165, 1.54) is 77.9 Å². The summed E-state index contributed by atoms with van der Waals surface area (Å²) in [6, 6.07) is 30.7. The number of fused-ring (bicyclic) bond motifs is 2. The SMILES string of the molecule is CCc1c(C)[n-]c(/C=C2\N=C(c3ccc(C(C)(C)C)cc3C)c3ccccc32)c1C.CCc1c(C)[n-]c(/C=C2\N=C(c3ccc(C(C)(C)C)cc3C)c3ccccc32)c1C.[Co+2]. The van der Waals surface area contributed by atoms with E-state index in [-0.39, 0.29) is 27.6 Å². The van der Waals surface area contributed by atoms with Gasteiger partial charge in [0, 0.05) is 33.4 Å². The zero-order valence-electron chi connectivity index (χ0n) is 38.8. The summed E-state index contributed by atoms with van der Waals surface area (Å²) in [6.07, 6.45) is 6.34. The zero-order valence-corrected chi connectivity index (χ0v) is 39.8. The molecule has 2 aliphatic rings. The molecule has 1 radical (unpaired) electrons. The summed E-state index contributed by atoms with van der Waals surface area (Å²) in [5.41, 5.74) is 26.4. The van der Waals surface area contributed by atoms with Crippen LogP contribution in [0, 0.1) is 41.5 Å². The van der Waals surface area contributed by atoms with Gasteiger partial charge in [0.1, 0.15) is 0 Å². The molecule has 0 saturated heterocycles. The molecule has 4 aromatic carbocycles. The molecule has 0 N–H and O–H groups in total. The number of benzene rings is 4. The average Bonchev–Trinajstić information content (AvgIpc) is 3.91. The maximum absolute atomic E-state index is 5.12. The number of aryl methyl sites for hydroxylation is 4. The van der Waals surface area contributed by atoms with Crippen LogP contribution in [-0.2, 0) is 40.5 Å². The molecule has 4 heterocycles. The van der Waals surface area contributed by atoms with Crippen molar-refractivity contribution in [1.29, 1.82) is 0 Å². The summed E-state index contributed by atoms with van der Waals surface area (Å²) >= 11 is 0. The van der Waals surface area contributed by atoms with Gasteiger partial charge in [-0.1, -0.05) is 189 Å². The fourth-order valence-corrected chi connectivity index (χ4v) is 8.83.